The van der Waals surface area contributed by atoms with E-state index >= 15 is 0 Å². The highest BCUT2D eigenvalue weighted by molar-refractivity contribution is 6.74. The van der Waals surface area contributed by atoms with Gasteiger partial charge in [0.05, 0.1) is 12.2 Å². The molecule has 3 rings (SSSR count). The fourth-order valence-corrected chi connectivity index (χ4v) is 6.99. The molecule has 1 saturated carbocycles. The third kappa shape index (κ3) is 6.88. The SMILES string of the molecule is CC(C)N(C(=O)OC1CCC(O[Si](C)(C)C(C)(C)C)C1C(c1ccccc1)C(O)c1ccccc1)C(C)C. The van der Waals surface area contributed by atoms with Crippen LogP contribution >= 0.6 is 0 Å². The highest BCUT2D eigenvalue weighted by Crippen LogP contribution is 2.49. The van der Waals surface area contributed by atoms with Crippen molar-refractivity contribution in [2.45, 2.75) is 116 Å². The summed E-state index contributed by atoms with van der Waals surface area (Å²) in [7, 11) is -2.13. The zero-order chi connectivity index (χ0) is 28.3. The van der Waals surface area contributed by atoms with E-state index in [0.717, 1.165) is 17.5 Å². The molecule has 0 spiro atoms. The Balaban J connectivity index is 2.08. The van der Waals surface area contributed by atoms with E-state index in [1.807, 2.05) is 76.2 Å². The van der Waals surface area contributed by atoms with Gasteiger partial charge in [-0.2, -0.15) is 0 Å². The zero-order valence-corrected chi connectivity index (χ0v) is 25.8. The van der Waals surface area contributed by atoms with Crippen LogP contribution in [0, 0.1) is 5.92 Å². The van der Waals surface area contributed by atoms with Gasteiger partial charge in [-0.15, -0.1) is 0 Å². The Labute approximate surface area is 231 Å². The quantitative estimate of drug-likeness (QED) is 0.329. The van der Waals surface area contributed by atoms with E-state index in [1.54, 1.807) is 4.90 Å². The van der Waals surface area contributed by atoms with Crippen molar-refractivity contribution in [1.29, 1.82) is 0 Å². The van der Waals surface area contributed by atoms with Gasteiger partial charge in [-0.3, -0.25) is 0 Å². The number of benzene rings is 2. The molecule has 210 valence electrons. The predicted molar refractivity (Wildman–Crippen MR) is 158 cm³/mol. The Morgan fingerprint density at radius 3 is 1.82 bits per heavy atom. The first-order chi connectivity index (χ1) is 17.7. The van der Waals surface area contributed by atoms with Gasteiger partial charge in [0.15, 0.2) is 8.32 Å². The second kappa shape index (κ2) is 12.4. The molecule has 1 amide bonds. The molecule has 1 fully saturated rings. The number of carbonyl (C=O) groups excluding carboxylic acids is 1. The van der Waals surface area contributed by atoms with Crippen molar-refractivity contribution in [3.63, 3.8) is 0 Å². The van der Waals surface area contributed by atoms with Crippen LogP contribution < -0.4 is 0 Å². The maximum absolute atomic E-state index is 13.5. The van der Waals surface area contributed by atoms with Crippen molar-refractivity contribution in [3.8, 4) is 0 Å². The number of hydrogen-bond donors (Lipinski definition) is 1. The number of nitrogens with zero attached hydrogens (tertiary/aromatic N) is 1. The van der Waals surface area contributed by atoms with Crippen molar-refractivity contribution >= 4 is 14.4 Å². The Kier molecular flexibility index (Phi) is 9.88. The molecule has 5 atom stereocenters. The minimum atomic E-state index is -2.13. The van der Waals surface area contributed by atoms with Crippen molar-refractivity contribution in [2.24, 2.45) is 5.92 Å². The summed E-state index contributed by atoms with van der Waals surface area (Å²) in [5, 5.41) is 12.0. The smallest absolute Gasteiger partial charge is 0.410 e. The Bertz CT molecular complexity index is 1010. The molecule has 1 aliphatic carbocycles. The molecule has 0 radical (unpaired) electrons. The van der Waals surface area contributed by atoms with Gasteiger partial charge in [0.2, 0.25) is 0 Å². The van der Waals surface area contributed by atoms with Gasteiger partial charge in [-0.25, -0.2) is 4.79 Å². The fourth-order valence-electron chi connectivity index (χ4n) is 5.60. The Morgan fingerprint density at radius 2 is 1.34 bits per heavy atom. The number of amides is 1. The Hall–Kier alpha value is -2.15. The molecule has 6 heteroatoms. The van der Waals surface area contributed by atoms with E-state index in [0.29, 0.717) is 6.42 Å². The number of rotatable bonds is 9. The van der Waals surface area contributed by atoms with Crippen molar-refractivity contribution in [2.75, 3.05) is 0 Å². The van der Waals surface area contributed by atoms with Crippen LogP contribution in [0.15, 0.2) is 60.7 Å². The second-order valence-corrected chi connectivity index (χ2v) is 17.6. The summed E-state index contributed by atoms with van der Waals surface area (Å²) in [6, 6.07) is 20.1. The lowest BCUT2D eigenvalue weighted by atomic mass is 9.76. The van der Waals surface area contributed by atoms with Gasteiger partial charge in [0.1, 0.15) is 6.10 Å². The number of ether oxygens (including phenoxy) is 1. The first-order valence-electron chi connectivity index (χ1n) is 14.2. The predicted octanol–water partition coefficient (Wildman–Crippen LogP) is 7.93. The molecule has 1 aliphatic rings. The average molecular weight is 540 g/mol. The van der Waals surface area contributed by atoms with Gasteiger partial charge < -0.3 is 19.2 Å². The zero-order valence-electron chi connectivity index (χ0n) is 24.8. The molecule has 0 bridgehead atoms. The highest BCUT2D eigenvalue weighted by Gasteiger charge is 2.50. The van der Waals surface area contributed by atoms with Gasteiger partial charge >= 0.3 is 6.09 Å². The monoisotopic (exact) mass is 539 g/mol. The molecule has 5 nitrogen and oxygen atoms in total. The van der Waals surface area contributed by atoms with E-state index < -0.39 is 14.4 Å². The van der Waals surface area contributed by atoms with E-state index in [1.165, 1.54) is 0 Å². The number of aliphatic hydroxyl groups excluding tert-OH is 1. The number of carbonyl (C=O) groups is 1. The van der Waals surface area contributed by atoms with Crippen molar-refractivity contribution in [3.05, 3.63) is 71.8 Å². The maximum Gasteiger partial charge on any atom is 0.410 e. The first kappa shape index (κ1) is 30.4. The molecule has 2 aromatic rings. The minimum Gasteiger partial charge on any atom is -0.446 e. The molecular weight excluding hydrogens is 490 g/mol. The van der Waals surface area contributed by atoms with Crippen LogP contribution in [0.5, 0.6) is 0 Å². The van der Waals surface area contributed by atoms with Crippen LogP contribution in [0.2, 0.25) is 18.1 Å². The average Bonchev–Trinajstić information content (AvgIpc) is 3.20. The molecule has 0 saturated heterocycles. The van der Waals surface area contributed by atoms with Crippen LogP contribution in [-0.4, -0.2) is 48.7 Å². The van der Waals surface area contributed by atoms with Crippen LogP contribution in [-0.2, 0) is 9.16 Å². The van der Waals surface area contributed by atoms with E-state index in [-0.39, 0.29) is 47.3 Å². The van der Waals surface area contributed by atoms with Gasteiger partial charge in [-0.1, -0.05) is 81.4 Å². The number of aliphatic hydroxyl groups is 1. The normalized spacial score (nSPS) is 21.9. The van der Waals surface area contributed by atoms with Crippen molar-refractivity contribution in [1.82, 2.24) is 4.90 Å². The van der Waals surface area contributed by atoms with Crippen LogP contribution in [0.1, 0.15) is 84.5 Å². The fraction of sp³-hybridized carbons (Fsp3) is 0.594. The summed E-state index contributed by atoms with van der Waals surface area (Å²) in [5.74, 6) is -0.480. The standard InChI is InChI=1S/C32H49NO4Si/c1-22(2)33(23(3)4)31(35)36-26-20-21-27(37-38(8,9)32(5,6)7)29(26)28(24-16-12-10-13-17-24)30(34)25-18-14-11-15-19-25/h10-19,22-23,26-30,34H,20-21H2,1-9H3. The minimum absolute atomic E-state index is 0.0291. The highest BCUT2D eigenvalue weighted by atomic mass is 28.4. The summed E-state index contributed by atoms with van der Waals surface area (Å²) >= 11 is 0. The Morgan fingerprint density at radius 1 is 0.868 bits per heavy atom. The summed E-state index contributed by atoms with van der Waals surface area (Å²) in [4.78, 5) is 15.3. The van der Waals surface area contributed by atoms with E-state index in [4.69, 9.17) is 9.16 Å². The van der Waals surface area contributed by atoms with Crippen LogP contribution in [0.25, 0.3) is 0 Å². The largest absolute Gasteiger partial charge is 0.446 e. The third-order valence-corrected chi connectivity index (χ3v) is 13.0. The molecule has 0 aliphatic heterocycles. The van der Waals surface area contributed by atoms with Crippen molar-refractivity contribution < 1.29 is 19.1 Å². The second-order valence-electron chi connectivity index (χ2n) is 12.9. The lowest BCUT2D eigenvalue weighted by Gasteiger charge is -2.43. The summed E-state index contributed by atoms with van der Waals surface area (Å²) in [5.41, 5.74) is 1.89. The van der Waals surface area contributed by atoms with E-state index in [2.05, 4.69) is 46.0 Å². The molecule has 0 aromatic heterocycles. The molecule has 38 heavy (non-hydrogen) atoms. The first-order valence-corrected chi connectivity index (χ1v) is 17.1. The lowest BCUT2D eigenvalue weighted by Crippen LogP contribution is -2.48. The van der Waals surface area contributed by atoms with Gasteiger partial charge in [0.25, 0.3) is 0 Å². The van der Waals surface area contributed by atoms with Gasteiger partial charge in [0, 0.05) is 23.9 Å². The van der Waals surface area contributed by atoms with Crippen LogP contribution in [0.3, 0.4) is 0 Å². The lowest BCUT2D eigenvalue weighted by molar-refractivity contribution is -0.0146. The topological polar surface area (TPSA) is 59.0 Å². The maximum atomic E-state index is 13.5. The van der Waals surface area contributed by atoms with Gasteiger partial charge in [-0.05, 0) is 69.8 Å². The molecule has 1 N–H and O–H groups in total. The molecular formula is C32H49NO4Si. The number of hydrogen-bond acceptors (Lipinski definition) is 4. The molecule has 5 unspecified atom stereocenters. The summed E-state index contributed by atoms with van der Waals surface area (Å²) in [6.45, 7) is 19.4. The van der Waals surface area contributed by atoms with E-state index in [9.17, 15) is 9.90 Å². The van der Waals surface area contributed by atoms with Crippen LogP contribution in [0.4, 0.5) is 4.79 Å². The molecule has 0 heterocycles. The summed E-state index contributed by atoms with van der Waals surface area (Å²) < 4.78 is 13.4. The third-order valence-electron chi connectivity index (χ3n) is 8.50. The molecule has 2 aromatic carbocycles. The summed E-state index contributed by atoms with van der Waals surface area (Å²) in [6.07, 6.45) is -0.0307.